The first-order valence-electron chi connectivity index (χ1n) is 10.4. The molecule has 2 aliphatic rings. The molecule has 0 radical (unpaired) electrons. The molecule has 0 fully saturated rings. The number of nitrogens with one attached hydrogen (secondary N) is 2. The Morgan fingerprint density at radius 3 is 2.50 bits per heavy atom. The summed E-state index contributed by atoms with van der Waals surface area (Å²) in [6, 6.07) is 23.4. The lowest BCUT2D eigenvalue weighted by molar-refractivity contribution is 0.353. The molecule has 3 aromatic carbocycles. The number of rotatable bonds is 5. The van der Waals surface area contributed by atoms with Gasteiger partial charge in [-0.05, 0) is 65.9 Å². The van der Waals surface area contributed by atoms with Crippen LogP contribution in [0.4, 0.5) is 17.1 Å². The zero-order valence-corrected chi connectivity index (χ0v) is 17.3. The van der Waals surface area contributed by atoms with Gasteiger partial charge in [-0.15, -0.1) is 0 Å². The van der Waals surface area contributed by atoms with Crippen molar-refractivity contribution in [3.8, 4) is 11.5 Å². The second kappa shape index (κ2) is 7.79. The Bertz CT molecular complexity index is 1080. The number of allylic oxidation sites excluding steroid dienone is 2. The summed E-state index contributed by atoms with van der Waals surface area (Å²) < 4.78 is 11.0. The normalized spacial score (nSPS) is 21.3. The lowest BCUT2D eigenvalue weighted by Gasteiger charge is -2.38. The highest BCUT2D eigenvalue weighted by atomic mass is 16.5. The maximum atomic E-state index is 5.54. The summed E-state index contributed by atoms with van der Waals surface area (Å²) in [4.78, 5) is 0. The maximum Gasteiger partial charge on any atom is 0.161 e. The molecule has 3 unspecified atom stereocenters. The van der Waals surface area contributed by atoms with Crippen LogP contribution < -0.4 is 20.1 Å². The van der Waals surface area contributed by atoms with E-state index in [1.54, 1.807) is 14.2 Å². The molecule has 1 aliphatic carbocycles. The molecule has 30 heavy (non-hydrogen) atoms. The minimum Gasteiger partial charge on any atom is -0.493 e. The van der Waals surface area contributed by atoms with Crippen molar-refractivity contribution in [3.63, 3.8) is 0 Å². The zero-order valence-electron chi connectivity index (χ0n) is 17.3. The summed E-state index contributed by atoms with van der Waals surface area (Å²) in [6.45, 7) is 0. The van der Waals surface area contributed by atoms with Crippen LogP contribution in [0, 0.1) is 5.92 Å². The van der Waals surface area contributed by atoms with E-state index in [0.29, 0.717) is 11.8 Å². The van der Waals surface area contributed by atoms with Gasteiger partial charge in [-0.3, -0.25) is 0 Å². The van der Waals surface area contributed by atoms with Crippen LogP contribution in [0.15, 0.2) is 78.9 Å². The van der Waals surface area contributed by atoms with Gasteiger partial charge < -0.3 is 20.1 Å². The van der Waals surface area contributed by atoms with Crippen molar-refractivity contribution in [1.82, 2.24) is 0 Å². The first-order chi connectivity index (χ1) is 14.8. The van der Waals surface area contributed by atoms with Gasteiger partial charge in [0.15, 0.2) is 11.5 Å². The number of para-hydroxylation sites is 1. The van der Waals surface area contributed by atoms with Crippen LogP contribution >= 0.6 is 0 Å². The largest absolute Gasteiger partial charge is 0.493 e. The van der Waals surface area contributed by atoms with Crippen LogP contribution in [0.25, 0.3) is 0 Å². The minimum atomic E-state index is 0.227. The van der Waals surface area contributed by atoms with Gasteiger partial charge >= 0.3 is 0 Å². The monoisotopic (exact) mass is 398 g/mol. The van der Waals surface area contributed by atoms with Gasteiger partial charge in [0, 0.05) is 23.0 Å². The van der Waals surface area contributed by atoms with Gasteiger partial charge in [0.2, 0.25) is 0 Å². The molecule has 3 atom stereocenters. The first kappa shape index (κ1) is 18.6. The van der Waals surface area contributed by atoms with Crippen LogP contribution in [0.1, 0.15) is 29.5 Å². The second-order valence-corrected chi connectivity index (χ2v) is 7.88. The van der Waals surface area contributed by atoms with Gasteiger partial charge in [0.1, 0.15) is 0 Å². The van der Waals surface area contributed by atoms with Gasteiger partial charge in [-0.1, -0.05) is 36.4 Å². The maximum absolute atomic E-state index is 5.54. The Labute approximate surface area is 177 Å². The number of fused-ring (bicyclic) bond motifs is 3. The highest BCUT2D eigenvalue weighted by molar-refractivity contribution is 5.69. The molecule has 0 amide bonds. The Morgan fingerprint density at radius 2 is 1.70 bits per heavy atom. The first-order valence-corrected chi connectivity index (χ1v) is 10.4. The van der Waals surface area contributed by atoms with E-state index in [1.807, 2.05) is 24.3 Å². The Morgan fingerprint density at radius 1 is 0.867 bits per heavy atom. The third kappa shape index (κ3) is 3.28. The predicted molar refractivity (Wildman–Crippen MR) is 122 cm³/mol. The molecule has 0 aromatic heterocycles. The molecule has 1 heterocycles. The van der Waals surface area contributed by atoms with E-state index >= 15 is 0 Å². The summed E-state index contributed by atoms with van der Waals surface area (Å²) in [5.74, 6) is 2.40. The molecule has 0 saturated heterocycles. The van der Waals surface area contributed by atoms with Crippen LogP contribution in [-0.2, 0) is 0 Å². The molecule has 2 N–H and O–H groups in total. The molecule has 0 bridgehead atoms. The summed E-state index contributed by atoms with van der Waals surface area (Å²) in [6.07, 6.45) is 5.74. The van der Waals surface area contributed by atoms with Crippen molar-refractivity contribution in [2.24, 2.45) is 5.92 Å². The van der Waals surface area contributed by atoms with Crippen LogP contribution in [0.2, 0.25) is 0 Å². The molecule has 5 rings (SSSR count). The van der Waals surface area contributed by atoms with E-state index in [2.05, 4.69) is 65.3 Å². The lowest BCUT2D eigenvalue weighted by Crippen LogP contribution is -2.29. The topological polar surface area (TPSA) is 42.5 Å². The fourth-order valence-electron chi connectivity index (χ4n) is 4.74. The fraction of sp³-hybridized carbons (Fsp3) is 0.231. The average molecular weight is 399 g/mol. The smallest absolute Gasteiger partial charge is 0.161 e. The van der Waals surface area contributed by atoms with E-state index in [0.717, 1.165) is 29.3 Å². The summed E-state index contributed by atoms with van der Waals surface area (Å²) in [5, 5.41) is 7.32. The van der Waals surface area contributed by atoms with E-state index in [4.69, 9.17) is 9.47 Å². The molecular weight excluding hydrogens is 372 g/mol. The van der Waals surface area contributed by atoms with Gasteiger partial charge in [-0.25, -0.2) is 0 Å². The van der Waals surface area contributed by atoms with Crippen molar-refractivity contribution >= 4 is 17.1 Å². The highest BCUT2D eigenvalue weighted by Crippen LogP contribution is 2.51. The summed E-state index contributed by atoms with van der Waals surface area (Å²) in [7, 11) is 3.36. The quantitative estimate of drug-likeness (QED) is 0.497. The van der Waals surface area contributed by atoms with Crippen molar-refractivity contribution in [2.75, 3.05) is 24.9 Å². The zero-order chi connectivity index (χ0) is 20.5. The molecule has 1 aliphatic heterocycles. The van der Waals surface area contributed by atoms with Gasteiger partial charge in [0.25, 0.3) is 0 Å². The van der Waals surface area contributed by atoms with Crippen molar-refractivity contribution in [3.05, 3.63) is 90.0 Å². The molecule has 0 spiro atoms. The highest BCUT2D eigenvalue weighted by Gasteiger charge is 2.38. The Balaban J connectivity index is 1.48. The van der Waals surface area contributed by atoms with E-state index in [9.17, 15) is 0 Å². The SMILES string of the molecule is COc1ccc(C2Nc3ccc(Nc4ccccc4)cc3C3C=CCC32)cc1OC. The van der Waals surface area contributed by atoms with Crippen molar-refractivity contribution < 1.29 is 9.47 Å². The molecule has 4 nitrogen and oxygen atoms in total. The average Bonchev–Trinajstić information content (AvgIpc) is 3.29. The van der Waals surface area contributed by atoms with Crippen LogP contribution in [0.3, 0.4) is 0 Å². The van der Waals surface area contributed by atoms with Crippen molar-refractivity contribution in [2.45, 2.75) is 18.4 Å². The Hall–Kier alpha value is -3.40. The number of methoxy groups -OCH3 is 2. The molecule has 152 valence electrons. The standard InChI is InChI=1S/C26H26N2O2/c1-29-24-14-11-17(15-25(24)30-2)26-21-10-6-9-20(21)22-16-19(12-13-23(22)28-26)27-18-7-4-3-5-8-18/h3-9,11-16,20-21,26-28H,10H2,1-2H3. The van der Waals surface area contributed by atoms with Crippen LogP contribution in [0.5, 0.6) is 11.5 Å². The van der Waals surface area contributed by atoms with E-state index in [1.165, 1.54) is 16.8 Å². The minimum absolute atomic E-state index is 0.227. The van der Waals surface area contributed by atoms with Crippen molar-refractivity contribution in [1.29, 1.82) is 0 Å². The molecule has 3 aromatic rings. The fourth-order valence-corrected chi connectivity index (χ4v) is 4.74. The third-order valence-electron chi connectivity index (χ3n) is 6.19. The van der Waals surface area contributed by atoms with E-state index in [-0.39, 0.29) is 6.04 Å². The molecular formula is C26H26N2O2. The molecule has 0 saturated carbocycles. The van der Waals surface area contributed by atoms with Gasteiger partial charge in [-0.2, -0.15) is 0 Å². The van der Waals surface area contributed by atoms with Crippen LogP contribution in [-0.4, -0.2) is 14.2 Å². The number of hydrogen-bond acceptors (Lipinski definition) is 4. The van der Waals surface area contributed by atoms with E-state index < -0.39 is 0 Å². The second-order valence-electron chi connectivity index (χ2n) is 7.88. The molecule has 4 heteroatoms. The Kier molecular flexibility index (Phi) is 4.83. The predicted octanol–water partition coefficient (Wildman–Crippen LogP) is 6.27. The summed E-state index contributed by atoms with van der Waals surface area (Å²) >= 11 is 0. The van der Waals surface area contributed by atoms with Gasteiger partial charge in [0.05, 0.1) is 20.3 Å². The third-order valence-corrected chi connectivity index (χ3v) is 6.19. The summed E-state index contributed by atoms with van der Waals surface area (Å²) in [5.41, 5.74) is 5.99. The number of ether oxygens (including phenoxy) is 2. The number of benzene rings is 3. The number of hydrogen-bond donors (Lipinski definition) is 2. The number of anilines is 3. The lowest BCUT2D eigenvalue weighted by atomic mass is 9.77.